The van der Waals surface area contributed by atoms with Gasteiger partial charge in [0.25, 0.3) is 0 Å². The van der Waals surface area contributed by atoms with E-state index in [1.165, 1.54) is 3.58 Å². The van der Waals surface area contributed by atoms with Crippen LogP contribution in [0, 0.1) is 0 Å². The van der Waals surface area contributed by atoms with Crippen LogP contribution >= 0.6 is 0 Å². The number of para-hydroxylation sites is 1. The molecule has 0 amide bonds. The molecular weight excluding hydrogens is 367 g/mol. The Balaban J connectivity index is 2.41. The first-order chi connectivity index (χ1) is 10.0. The monoisotopic (exact) mass is 386 g/mol. The summed E-state index contributed by atoms with van der Waals surface area (Å²) in [6.07, 6.45) is 4.26. The van der Waals surface area contributed by atoms with Crippen LogP contribution in [0.25, 0.3) is 28.0 Å². The molecule has 3 rings (SSSR count). The first-order valence-electron chi connectivity index (χ1n) is 7.08. The summed E-state index contributed by atoms with van der Waals surface area (Å²) >= 11 is -2.21. The predicted molar refractivity (Wildman–Crippen MR) is 91.8 cm³/mol. The summed E-state index contributed by atoms with van der Waals surface area (Å²) in [5.74, 6) is 0. The van der Waals surface area contributed by atoms with Crippen molar-refractivity contribution in [2.24, 2.45) is 0 Å². The van der Waals surface area contributed by atoms with Gasteiger partial charge in [0, 0.05) is 0 Å². The molecular formula is C18H18O2Sn. The molecule has 0 spiro atoms. The van der Waals surface area contributed by atoms with Crippen LogP contribution < -0.4 is 3.58 Å². The maximum atomic E-state index is 10.7. The minimum atomic E-state index is -2.21. The van der Waals surface area contributed by atoms with E-state index in [0.717, 1.165) is 33.8 Å². The molecule has 0 aliphatic heterocycles. The van der Waals surface area contributed by atoms with Gasteiger partial charge in [-0.3, -0.25) is 0 Å². The molecule has 3 heteroatoms. The van der Waals surface area contributed by atoms with E-state index in [4.69, 9.17) is 4.42 Å². The fourth-order valence-corrected chi connectivity index (χ4v) is 5.88. The van der Waals surface area contributed by atoms with Crippen molar-refractivity contribution in [1.82, 2.24) is 0 Å². The van der Waals surface area contributed by atoms with Gasteiger partial charge in [0.15, 0.2) is 0 Å². The fraction of sp³-hybridized carbons (Fsp3) is 0.167. The number of benzene rings is 2. The van der Waals surface area contributed by atoms with Gasteiger partial charge in [0.1, 0.15) is 0 Å². The van der Waals surface area contributed by atoms with E-state index >= 15 is 0 Å². The average molecular weight is 385 g/mol. The Morgan fingerprint density at radius 1 is 1.05 bits per heavy atom. The molecule has 1 heterocycles. The zero-order valence-corrected chi connectivity index (χ0v) is 15.4. The standard InChI is InChI=1S/C15H9O2.3CH3.Sn/c16-10-4-6-11-5-3-9-14-15(11)12-7-1-2-8-13(12)17-14;;;;/h1-2,4-10H;3*1H3;. The van der Waals surface area contributed by atoms with Crippen molar-refractivity contribution in [1.29, 1.82) is 0 Å². The second kappa shape index (κ2) is 5.33. The summed E-state index contributed by atoms with van der Waals surface area (Å²) in [7, 11) is 0. The van der Waals surface area contributed by atoms with Gasteiger partial charge in [-0.25, -0.2) is 0 Å². The van der Waals surface area contributed by atoms with Gasteiger partial charge >= 0.3 is 128 Å². The quantitative estimate of drug-likeness (QED) is 0.382. The molecule has 0 N–H and O–H groups in total. The molecule has 0 bridgehead atoms. The molecule has 2 nitrogen and oxygen atoms in total. The molecule has 21 heavy (non-hydrogen) atoms. The number of carbonyl (C=O) groups excluding carboxylic acids is 1. The van der Waals surface area contributed by atoms with Crippen molar-refractivity contribution in [2.75, 3.05) is 0 Å². The molecule has 0 unspecified atom stereocenters. The first kappa shape index (κ1) is 14.4. The normalized spacial score (nSPS) is 12.5. The summed E-state index contributed by atoms with van der Waals surface area (Å²) in [6, 6.07) is 12.5. The van der Waals surface area contributed by atoms with Crippen molar-refractivity contribution >= 4 is 56.3 Å². The van der Waals surface area contributed by atoms with Crippen LogP contribution in [-0.4, -0.2) is 24.7 Å². The molecule has 0 saturated carbocycles. The molecule has 0 saturated heterocycles. The van der Waals surface area contributed by atoms with E-state index in [1.807, 2.05) is 24.3 Å². The number of furan rings is 1. The zero-order chi connectivity index (χ0) is 15.0. The van der Waals surface area contributed by atoms with Crippen molar-refractivity contribution in [3.63, 3.8) is 0 Å². The Labute approximate surface area is 128 Å². The van der Waals surface area contributed by atoms with Crippen LogP contribution in [0.3, 0.4) is 0 Å². The second-order valence-corrected chi connectivity index (χ2v) is 20.8. The van der Waals surface area contributed by atoms with Crippen LogP contribution in [0.1, 0.15) is 5.56 Å². The second-order valence-electron chi connectivity index (χ2n) is 6.28. The third-order valence-corrected chi connectivity index (χ3v) is 9.50. The number of hydrogen-bond donors (Lipinski definition) is 0. The molecule has 1 aromatic heterocycles. The Morgan fingerprint density at radius 2 is 1.81 bits per heavy atom. The average Bonchev–Trinajstić information content (AvgIpc) is 2.82. The van der Waals surface area contributed by atoms with E-state index < -0.39 is 18.4 Å². The van der Waals surface area contributed by atoms with Gasteiger partial charge in [0.05, 0.1) is 0 Å². The Bertz CT molecular complexity index is 851. The van der Waals surface area contributed by atoms with Crippen LogP contribution in [0.15, 0.2) is 46.9 Å². The molecule has 2 aromatic carbocycles. The molecule has 0 aliphatic rings. The number of hydrogen-bond acceptors (Lipinski definition) is 2. The van der Waals surface area contributed by atoms with E-state index in [2.05, 4.69) is 33.0 Å². The van der Waals surface area contributed by atoms with Crippen LogP contribution in [0.4, 0.5) is 0 Å². The SMILES string of the molecule is [CH3][Sn]([CH3])([CH3])[c]1cc(C=CC=O)c2c(c1)oc1ccccc12. The molecule has 3 aromatic rings. The van der Waals surface area contributed by atoms with Gasteiger partial charge in [-0.1, -0.05) is 0 Å². The third kappa shape index (κ3) is 2.64. The predicted octanol–water partition coefficient (Wildman–Crippen LogP) is 4.34. The summed E-state index contributed by atoms with van der Waals surface area (Å²) in [5, 5.41) is 2.21. The molecule has 0 aliphatic carbocycles. The fourth-order valence-electron chi connectivity index (χ4n) is 2.59. The summed E-state index contributed by atoms with van der Waals surface area (Å²) in [4.78, 5) is 17.8. The minimum absolute atomic E-state index is 0.821. The Morgan fingerprint density at radius 3 is 2.52 bits per heavy atom. The first-order valence-corrected chi connectivity index (χ1v) is 17.1. The van der Waals surface area contributed by atoms with E-state index in [9.17, 15) is 4.79 Å². The maximum absolute atomic E-state index is 10.7. The molecule has 0 radical (unpaired) electrons. The van der Waals surface area contributed by atoms with Gasteiger partial charge in [0.2, 0.25) is 0 Å². The third-order valence-electron chi connectivity index (χ3n) is 3.73. The number of carbonyl (C=O) groups is 1. The Kier molecular flexibility index (Phi) is 3.66. The summed E-state index contributed by atoms with van der Waals surface area (Å²) in [6.45, 7) is 0. The Hall–Kier alpha value is -1.55. The number of aldehydes is 1. The molecule has 0 atom stereocenters. The summed E-state index contributed by atoms with van der Waals surface area (Å²) < 4.78 is 7.42. The van der Waals surface area contributed by atoms with Gasteiger partial charge < -0.3 is 0 Å². The van der Waals surface area contributed by atoms with Gasteiger partial charge in [-0.2, -0.15) is 0 Å². The molecule has 106 valence electrons. The van der Waals surface area contributed by atoms with E-state index in [0.29, 0.717) is 0 Å². The number of rotatable bonds is 3. The van der Waals surface area contributed by atoms with Crippen LogP contribution in [-0.2, 0) is 4.79 Å². The van der Waals surface area contributed by atoms with Crippen molar-refractivity contribution in [3.05, 3.63) is 48.0 Å². The molecule has 0 fully saturated rings. The zero-order valence-electron chi connectivity index (χ0n) is 12.5. The van der Waals surface area contributed by atoms with E-state index in [-0.39, 0.29) is 0 Å². The van der Waals surface area contributed by atoms with Crippen molar-refractivity contribution in [3.8, 4) is 0 Å². The van der Waals surface area contributed by atoms with Gasteiger partial charge in [-0.15, -0.1) is 0 Å². The van der Waals surface area contributed by atoms with Crippen LogP contribution in [0.2, 0.25) is 14.8 Å². The van der Waals surface area contributed by atoms with Crippen LogP contribution in [0.5, 0.6) is 0 Å². The summed E-state index contributed by atoms with van der Waals surface area (Å²) in [5.41, 5.74) is 2.89. The topological polar surface area (TPSA) is 30.2 Å². The van der Waals surface area contributed by atoms with Crippen molar-refractivity contribution < 1.29 is 9.21 Å². The van der Waals surface area contributed by atoms with Gasteiger partial charge in [-0.05, 0) is 0 Å². The number of allylic oxidation sites excluding steroid dienone is 1. The van der Waals surface area contributed by atoms with Crippen molar-refractivity contribution in [2.45, 2.75) is 14.8 Å². The number of fused-ring (bicyclic) bond motifs is 3. The van der Waals surface area contributed by atoms with E-state index in [1.54, 1.807) is 6.08 Å².